The number of amides is 1. The smallest absolute Gasteiger partial charge is 0.229 e. The molecule has 0 radical (unpaired) electrons. The van der Waals surface area contributed by atoms with Gasteiger partial charge in [-0.1, -0.05) is 25.0 Å². The van der Waals surface area contributed by atoms with Crippen molar-refractivity contribution in [3.63, 3.8) is 0 Å². The summed E-state index contributed by atoms with van der Waals surface area (Å²) >= 11 is 1.25. The maximum Gasteiger partial charge on any atom is 0.229 e. The standard InChI is InChI=1S/C16H17FN2O2S/c17-12-6-2-1-5-11(12)13-10-22-15(18-13)19-14(20)9-16(21)7-3-4-8-16/h1-2,5-6,10,21H,3-4,7-9H2,(H,18,19,20). The minimum absolute atomic E-state index is 0.0849. The third-order valence-corrected chi connectivity index (χ3v) is 4.68. The predicted molar refractivity (Wildman–Crippen MR) is 84.2 cm³/mol. The van der Waals surface area contributed by atoms with E-state index in [2.05, 4.69) is 10.3 Å². The second kappa shape index (κ2) is 6.14. The van der Waals surface area contributed by atoms with Gasteiger partial charge in [0.2, 0.25) is 5.91 Å². The Balaban J connectivity index is 1.67. The molecule has 1 aliphatic carbocycles. The highest BCUT2D eigenvalue weighted by molar-refractivity contribution is 7.14. The van der Waals surface area contributed by atoms with Gasteiger partial charge in [-0.15, -0.1) is 11.3 Å². The number of aliphatic hydroxyl groups is 1. The molecule has 116 valence electrons. The zero-order valence-corrected chi connectivity index (χ0v) is 12.8. The summed E-state index contributed by atoms with van der Waals surface area (Å²) in [6.07, 6.45) is 3.33. The molecule has 2 aromatic rings. The van der Waals surface area contributed by atoms with Gasteiger partial charge in [-0.05, 0) is 25.0 Å². The fourth-order valence-corrected chi connectivity index (χ4v) is 3.52. The number of aromatic nitrogens is 1. The van der Waals surface area contributed by atoms with Gasteiger partial charge < -0.3 is 10.4 Å². The van der Waals surface area contributed by atoms with Gasteiger partial charge in [0.15, 0.2) is 5.13 Å². The Morgan fingerprint density at radius 1 is 1.36 bits per heavy atom. The van der Waals surface area contributed by atoms with Crippen molar-refractivity contribution in [1.29, 1.82) is 0 Å². The molecule has 3 rings (SSSR count). The normalized spacial score (nSPS) is 16.6. The van der Waals surface area contributed by atoms with Crippen molar-refractivity contribution in [2.24, 2.45) is 0 Å². The summed E-state index contributed by atoms with van der Waals surface area (Å²) < 4.78 is 13.7. The summed E-state index contributed by atoms with van der Waals surface area (Å²) in [5.74, 6) is -0.593. The van der Waals surface area contributed by atoms with Crippen LogP contribution >= 0.6 is 11.3 Å². The second-order valence-electron chi connectivity index (χ2n) is 5.67. The van der Waals surface area contributed by atoms with Crippen LogP contribution in [0.2, 0.25) is 0 Å². The molecule has 1 aromatic heterocycles. The Kier molecular flexibility index (Phi) is 4.22. The van der Waals surface area contributed by atoms with Crippen LogP contribution in [0.3, 0.4) is 0 Å². The molecular formula is C16H17FN2O2S. The van der Waals surface area contributed by atoms with E-state index in [-0.39, 0.29) is 18.1 Å². The molecule has 0 atom stereocenters. The van der Waals surface area contributed by atoms with Crippen molar-refractivity contribution in [2.45, 2.75) is 37.7 Å². The number of nitrogens with one attached hydrogen (secondary N) is 1. The molecule has 1 fully saturated rings. The zero-order valence-electron chi connectivity index (χ0n) is 12.0. The summed E-state index contributed by atoms with van der Waals surface area (Å²) in [4.78, 5) is 16.3. The minimum Gasteiger partial charge on any atom is -0.389 e. The molecular weight excluding hydrogens is 303 g/mol. The van der Waals surface area contributed by atoms with Gasteiger partial charge in [-0.3, -0.25) is 4.79 Å². The van der Waals surface area contributed by atoms with E-state index >= 15 is 0 Å². The Morgan fingerprint density at radius 2 is 2.09 bits per heavy atom. The molecule has 0 unspecified atom stereocenters. The number of halogens is 1. The lowest BCUT2D eigenvalue weighted by molar-refractivity contribution is -0.120. The van der Waals surface area contributed by atoms with Crippen LogP contribution in [0.4, 0.5) is 9.52 Å². The van der Waals surface area contributed by atoms with Crippen molar-refractivity contribution >= 4 is 22.4 Å². The molecule has 1 heterocycles. The maximum absolute atomic E-state index is 13.7. The van der Waals surface area contributed by atoms with E-state index in [9.17, 15) is 14.3 Å². The van der Waals surface area contributed by atoms with Gasteiger partial charge in [0.25, 0.3) is 0 Å². The number of hydrogen-bond donors (Lipinski definition) is 2. The predicted octanol–water partition coefficient (Wildman–Crippen LogP) is 3.58. The Hall–Kier alpha value is -1.79. The lowest BCUT2D eigenvalue weighted by Gasteiger charge is -2.20. The topological polar surface area (TPSA) is 62.2 Å². The molecule has 0 bridgehead atoms. The summed E-state index contributed by atoms with van der Waals surface area (Å²) in [5.41, 5.74) is 0.0297. The number of nitrogens with zero attached hydrogens (tertiary/aromatic N) is 1. The molecule has 1 amide bonds. The van der Waals surface area contributed by atoms with Crippen LogP contribution in [0.15, 0.2) is 29.6 Å². The lowest BCUT2D eigenvalue weighted by Crippen LogP contribution is -2.30. The highest BCUT2D eigenvalue weighted by Gasteiger charge is 2.33. The number of carbonyl (C=O) groups is 1. The van der Waals surface area contributed by atoms with Crippen LogP contribution in [-0.2, 0) is 4.79 Å². The number of hydrogen-bond acceptors (Lipinski definition) is 4. The van der Waals surface area contributed by atoms with Gasteiger partial charge in [0, 0.05) is 10.9 Å². The average molecular weight is 320 g/mol. The Labute approximate surface area is 132 Å². The monoisotopic (exact) mass is 320 g/mol. The fraction of sp³-hybridized carbons (Fsp3) is 0.375. The van der Waals surface area contributed by atoms with E-state index in [1.807, 2.05) is 0 Å². The molecule has 1 aromatic carbocycles. The highest BCUT2D eigenvalue weighted by atomic mass is 32.1. The van der Waals surface area contributed by atoms with Crippen molar-refractivity contribution in [3.05, 3.63) is 35.5 Å². The number of thiazole rings is 1. The van der Waals surface area contributed by atoms with Crippen molar-refractivity contribution in [2.75, 3.05) is 5.32 Å². The number of anilines is 1. The largest absolute Gasteiger partial charge is 0.389 e. The third-order valence-electron chi connectivity index (χ3n) is 3.92. The van der Waals surface area contributed by atoms with E-state index in [0.717, 1.165) is 12.8 Å². The minimum atomic E-state index is -0.879. The molecule has 6 heteroatoms. The first kappa shape index (κ1) is 15.1. The molecule has 1 aliphatic rings. The van der Waals surface area contributed by atoms with Crippen LogP contribution < -0.4 is 5.32 Å². The summed E-state index contributed by atoms with van der Waals surface area (Å²) in [5, 5.41) is 15.0. The zero-order chi connectivity index (χ0) is 15.6. The molecule has 2 N–H and O–H groups in total. The van der Waals surface area contributed by atoms with E-state index in [1.165, 1.54) is 17.4 Å². The quantitative estimate of drug-likeness (QED) is 0.905. The number of carbonyl (C=O) groups excluding carboxylic acids is 1. The second-order valence-corrected chi connectivity index (χ2v) is 6.53. The summed E-state index contributed by atoms with van der Waals surface area (Å²) in [6.45, 7) is 0. The fourth-order valence-electron chi connectivity index (χ4n) is 2.80. The molecule has 22 heavy (non-hydrogen) atoms. The van der Waals surface area contributed by atoms with Gasteiger partial charge in [-0.25, -0.2) is 9.37 Å². The first-order valence-electron chi connectivity index (χ1n) is 7.28. The first-order valence-corrected chi connectivity index (χ1v) is 8.16. The molecule has 1 saturated carbocycles. The SMILES string of the molecule is O=C(CC1(O)CCCC1)Nc1nc(-c2ccccc2F)cs1. The summed E-state index contributed by atoms with van der Waals surface area (Å²) in [6, 6.07) is 6.39. The van der Waals surface area contributed by atoms with Crippen LogP contribution in [0.1, 0.15) is 32.1 Å². The van der Waals surface area contributed by atoms with Crippen LogP contribution in [0.5, 0.6) is 0 Å². The van der Waals surface area contributed by atoms with Crippen LogP contribution in [0.25, 0.3) is 11.3 Å². The van der Waals surface area contributed by atoms with Crippen molar-refractivity contribution in [3.8, 4) is 11.3 Å². The maximum atomic E-state index is 13.7. The molecule has 0 aliphatic heterocycles. The van der Waals surface area contributed by atoms with E-state index < -0.39 is 5.60 Å². The Morgan fingerprint density at radius 3 is 2.82 bits per heavy atom. The molecule has 0 spiro atoms. The van der Waals surface area contributed by atoms with Crippen molar-refractivity contribution < 1.29 is 14.3 Å². The summed E-state index contributed by atoms with van der Waals surface area (Å²) in [7, 11) is 0. The average Bonchev–Trinajstić information content (AvgIpc) is 3.09. The number of rotatable bonds is 4. The van der Waals surface area contributed by atoms with Gasteiger partial charge in [-0.2, -0.15) is 0 Å². The van der Waals surface area contributed by atoms with Gasteiger partial charge >= 0.3 is 0 Å². The first-order chi connectivity index (χ1) is 10.6. The highest BCUT2D eigenvalue weighted by Crippen LogP contribution is 2.33. The number of benzene rings is 1. The van der Waals surface area contributed by atoms with Crippen molar-refractivity contribution in [1.82, 2.24) is 4.98 Å². The molecule has 4 nitrogen and oxygen atoms in total. The van der Waals surface area contributed by atoms with Gasteiger partial charge in [0.1, 0.15) is 5.82 Å². The van der Waals surface area contributed by atoms with Crippen LogP contribution in [0, 0.1) is 5.82 Å². The van der Waals surface area contributed by atoms with E-state index in [4.69, 9.17) is 0 Å². The van der Waals surface area contributed by atoms with Gasteiger partial charge in [0.05, 0.1) is 17.7 Å². The third kappa shape index (κ3) is 3.34. The lowest BCUT2D eigenvalue weighted by atomic mass is 9.98. The van der Waals surface area contributed by atoms with E-state index in [0.29, 0.717) is 29.2 Å². The van der Waals surface area contributed by atoms with E-state index in [1.54, 1.807) is 23.6 Å². The molecule has 0 saturated heterocycles. The Bertz CT molecular complexity index is 680. The van der Waals surface area contributed by atoms with Crippen LogP contribution in [-0.4, -0.2) is 21.6 Å².